The number of anilines is 1. The number of fused-ring (bicyclic) bond motifs is 1. The van der Waals surface area contributed by atoms with Crippen molar-refractivity contribution < 1.29 is 18.7 Å². The molecule has 6 nitrogen and oxygen atoms in total. The number of allylic oxidation sites excluding steroid dienone is 1. The van der Waals surface area contributed by atoms with Gasteiger partial charge in [-0.25, -0.2) is 0 Å². The number of nitrogens with zero attached hydrogens (tertiary/aromatic N) is 2. The van der Waals surface area contributed by atoms with E-state index in [4.69, 9.17) is 13.9 Å². The Morgan fingerprint density at radius 2 is 1.82 bits per heavy atom. The number of furan rings is 1. The minimum absolute atomic E-state index is 0.0306. The van der Waals surface area contributed by atoms with Crippen molar-refractivity contribution in [3.63, 3.8) is 0 Å². The monoisotopic (exact) mass is 462 g/mol. The van der Waals surface area contributed by atoms with Gasteiger partial charge in [-0.2, -0.15) is 0 Å². The molecular weight excluding hydrogens is 428 g/mol. The summed E-state index contributed by atoms with van der Waals surface area (Å²) in [7, 11) is 1.68. The maximum atomic E-state index is 13.2. The molecule has 1 amide bonds. The van der Waals surface area contributed by atoms with Crippen LogP contribution in [-0.2, 0) is 4.79 Å². The Balaban J connectivity index is 1.55. The second-order valence-electron chi connectivity index (χ2n) is 8.81. The summed E-state index contributed by atoms with van der Waals surface area (Å²) < 4.78 is 17.4. The summed E-state index contributed by atoms with van der Waals surface area (Å²) in [5.74, 6) is 2.57. The third-order valence-electron chi connectivity index (χ3n) is 6.71. The van der Waals surface area contributed by atoms with Gasteiger partial charge in [0, 0.05) is 60.5 Å². The zero-order chi connectivity index (χ0) is 24.4. The SMILES string of the molecule is CCOc1c(/C(C)=C/C(=O)N2CCN(c3cccc(OC)c3)CC2)cc2c(C)c(C)oc2c1C. The number of benzene rings is 2. The fourth-order valence-corrected chi connectivity index (χ4v) is 4.58. The molecule has 0 spiro atoms. The predicted octanol–water partition coefficient (Wildman–Crippen LogP) is 5.52. The molecule has 2 heterocycles. The average molecular weight is 463 g/mol. The van der Waals surface area contributed by atoms with Crippen molar-refractivity contribution in [3.8, 4) is 11.5 Å². The third-order valence-corrected chi connectivity index (χ3v) is 6.71. The summed E-state index contributed by atoms with van der Waals surface area (Å²) in [5, 5.41) is 1.07. The molecule has 1 saturated heterocycles. The molecule has 2 aromatic carbocycles. The highest BCUT2D eigenvalue weighted by molar-refractivity contribution is 5.98. The van der Waals surface area contributed by atoms with Gasteiger partial charge in [-0.05, 0) is 64.0 Å². The van der Waals surface area contributed by atoms with Gasteiger partial charge in [-0.15, -0.1) is 0 Å². The lowest BCUT2D eigenvalue weighted by molar-refractivity contribution is -0.126. The number of hydrogen-bond acceptors (Lipinski definition) is 5. The summed E-state index contributed by atoms with van der Waals surface area (Å²) >= 11 is 0. The molecule has 0 saturated carbocycles. The summed E-state index contributed by atoms with van der Waals surface area (Å²) in [4.78, 5) is 17.4. The number of rotatable bonds is 6. The van der Waals surface area contributed by atoms with Gasteiger partial charge in [0.15, 0.2) is 0 Å². The van der Waals surface area contributed by atoms with E-state index in [0.717, 1.165) is 69.3 Å². The third kappa shape index (κ3) is 4.49. The van der Waals surface area contributed by atoms with E-state index in [9.17, 15) is 4.79 Å². The van der Waals surface area contributed by atoms with Gasteiger partial charge in [-0.3, -0.25) is 4.79 Å². The van der Waals surface area contributed by atoms with Crippen molar-refractivity contribution in [2.24, 2.45) is 0 Å². The van der Waals surface area contributed by atoms with E-state index < -0.39 is 0 Å². The highest BCUT2D eigenvalue weighted by Crippen LogP contribution is 2.39. The zero-order valence-electron chi connectivity index (χ0n) is 21.0. The van der Waals surface area contributed by atoms with Crippen LogP contribution in [-0.4, -0.2) is 50.7 Å². The number of amides is 1. The van der Waals surface area contributed by atoms with Crippen molar-refractivity contribution in [1.82, 2.24) is 4.90 Å². The Labute approximate surface area is 201 Å². The summed E-state index contributed by atoms with van der Waals surface area (Å²) in [6.45, 7) is 13.5. The summed E-state index contributed by atoms with van der Waals surface area (Å²) in [6.07, 6.45) is 1.74. The van der Waals surface area contributed by atoms with Gasteiger partial charge in [0.1, 0.15) is 22.8 Å². The van der Waals surface area contributed by atoms with Gasteiger partial charge >= 0.3 is 0 Å². The molecule has 0 bridgehead atoms. The smallest absolute Gasteiger partial charge is 0.246 e. The lowest BCUT2D eigenvalue weighted by Gasteiger charge is -2.35. The Hall–Kier alpha value is -3.41. The lowest BCUT2D eigenvalue weighted by Crippen LogP contribution is -2.48. The number of aryl methyl sites for hydroxylation is 3. The Morgan fingerprint density at radius 1 is 1.09 bits per heavy atom. The van der Waals surface area contributed by atoms with E-state index in [0.29, 0.717) is 19.7 Å². The van der Waals surface area contributed by atoms with E-state index in [-0.39, 0.29) is 5.91 Å². The van der Waals surface area contributed by atoms with Crippen molar-refractivity contribution in [3.05, 3.63) is 58.9 Å². The first-order chi connectivity index (χ1) is 16.3. The maximum Gasteiger partial charge on any atom is 0.246 e. The van der Waals surface area contributed by atoms with Gasteiger partial charge in [0.05, 0.1) is 13.7 Å². The minimum Gasteiger partial charge on any atom is -0.497 e. The first-order valence-electron chi connectivity index (χ1n) is 11.9. The molecular formula is C28H34N2O4. The van der Waals surface area contributed by atoms with Gasteiger partial charge in [-0.1, -0.05) is 6.07 Å². The van der Waals surface area contributed by atoms with Crippen LogP contribution in [0.1, 0.15) is 36.3 Å². The highest BCUT2D eigenvalue weighted by Gasteiger charge is 2.22. The van der Waals surface area contributed by atoms with E-state index in [1.54, 1.807) is 13.2 Å². The molecule has 0 N–H and O–H groups in total. The van der Waals surface area contributed by atoms with Crippen molar-refractivity contribution in [1.29, 1.82) is 0 Å². The van der Waals surface area contributed by atoms with E-state index >= 15 is 0 Å². The molecule has 34 heavy (non-hydrogen) atoms. The average Bonchev–Trinajstić information content (AvgIpc) is 3.14. The Kier molecular flexibility index (Phi) is 6.87. The molecule has 0 aliphatic carbocycles. The second-order valence-corrected chi connectivity index (χ2v) is 8.81. The summed E-state index contributed by atoms with van der Waals surface area (Å²) in [5.41, 5.74) is 5.91. The number of hydrogen-bond donors (Lipinski definition) is 0. The first-order valence-corrected chi connectivity index (χ1v) is 11.9. The quantitative estimate of drug-likeness (QED) is 0.452. The van der Waals surface area contributed by atoms with Crippen LogP contribution in [0.4, 0.5) is 5.69 Å². The predicted molar refractivity (Wildman–Crippen MR) is 137 cm³/mol. The molecule has 1 aliphatic heterocycles. The molecule has 1 fully saturated rings. The topological polar surface area (TPSA) is 55.2 Å². The van der Waals surface area contributed by atoms with Gasteiger partial charge in [0.2, 0.25) is 5.91 Å². The van der Waals surface area contributed by atoms with Crippen LogP contribution in [0.25, 0.3) is 16.5 Å². The van der Waals surface area contributed by atoms with E-state index in [1.807, 2.05) is 50.8 Å². The Bertz CT molecular complexity index is 1230. The van der Waals surface area contributed by atoms with Crippen LogP contribution < -0.4 is 14.4 Å². The fourth-order valence-electron chi connectivity index (χ4n) is 4.58. The van der Waals surface area contributed by atoms with Crippen LogP contribution in [0, 0.1) is 20.8 Å². The molecule has 0 atom stereocenters. The molecule has 4 rings (SSSR count). The normalized spacial score (nSPS) is 14.6. The fraction of sp³-hybridized carbons (Fsp3) is 0.393. The van der Waals surface area contributed by atoms with E-state index in [1.165, 1.54) is 0 Å². The number of piperazine rings is 1. The van der Waals surface area contributed by atoms with Gasteiger partial charge in [0.25, 0.3) is 0 Å². The van der Waals surface area contributed by atoms with E-state index in [2.05, 4.69) is 24.0 Å². The standard InChI is InChI=1S/C28H34N2O4/c1-7-33-27-20(4)28-25(19(3)21(5)34-28)17-24(27)18(2)15-26(31)30-13-11-29(12-14-30)22-9-8-10-23(16-22)32-6/h8-10,15-17H,7,11-14H2,1-6H3/b18-15+. The zero-order valence-corrected chi connectivity index (χ0v) is 21.0. The van der Waals surface area contributed by atoms with Crippen LogP contribution in [0.3, 0.4) is 0 Å². The largest absolute Gasteiger partial charge is 0.497 e. The van der Waals surface area contributed by atoms with Crippen molar-refractivity contribution >= 4 is 28.1 Å². The first kappa shape index (κ1) is 23.7. The van der Waals surface area contributed by atoms with Crippen molar-refractivity contribution in [2.75, 3.05) is 44.8 Å². The molecule has 1 aliphatic rings. The molecule has 0 unspecified atom stereocenters. The van der Waals surface area contributed by atoms with Crippen LogP contribution >= 0.6 is 0 Å². The maximum absolute atomic E-state index is 13.2. The number of carbonyl (C=O) groups is 1. The van der Waals surface area contributed by atoms with Crippen LogP contribution in [0.5, 0.6) is 11.5 Å². The van der Waals surface area contributed by atoms with Gasteiger partial charge < -0.3 is 23.7 Å². The number of carbonyl (C=O) groups excluding carboxylic acids is 1. The molecule has 1 aromatic heterocycles. The minimum atomic E-state index is 0.0306. The van der Waals surface area contributed by atoms with Crippen LogP contribution in [0.2, 0.25) is 0 Å². The molecule has 0 radical (unpaired) electrons. The highest BCUT2D eigenvalue weighted by atomic mass is 16.5. The second kappa shape index (κ2) is 9.84. The number of methoxy groups -OCH3 is 1. The molecule has 3 aromatic rings. The summed E-state index contributed by atoms with van der Waals surface area (Å²) in [6, 6.07) is 10.2. The van der Waals surface area contributed by atoms with Crippen LogP contribution in [0.15, 0.2) is 40.8 Å². The lowest BCUT2D eigenvalue weighted by atomic mass is 9.98. The number of ether oxygens (including phenoxy) is 2. The Morgan fingerprint density at radius 3 is 2.50 bits per heavy atom. The molecule has 180 valence electrons. The molecule has 6 heteroatoms. The van der Waals surface area contributed by atoms with Crippen molar-refractivity contribution in [2.45, 2.75) is 34.6 Å².